The van der Waals surface area contributed by atoms with Gasteiger partial charge in [0.25, 0.3) is 0 Å². The average molecular weight is 233 g/mol. The van der Waals surface area contributed by atoms with Crippen molar-refractivity contribution in [3.63, 3.8) is 0 Å². The molecule has 0 aliphatic carbocycles. The van der Waals surface area contributed by atoms with E-state index in [0.717, 1.165) is 42.7 Å². The second-order valence-corrected chi connectivity index (χ2v) is 4.31. The third kappa shape index (κ3) is 1.46. The Balaban J connectivity index is 1.97. The van der Waals surface area contributed by atoms with Crippen molar-refractivity contribution >= 4 is 11.5 Å². The highest BCUT2D eigenvalue weighted by molar-refractivity contribution is 5.66. The Labute approximate surface area is 98.8 Å². The summed E-state index contributed by atoms with van der Waals surface area (Å²) in [6.45, 7) is 4.43. The van der Waals surface area contributed by atoms with Gasteiger partial charge in [0.1, 0.15) is 6.33 Å². The van der Waals surface area contributed by atoms with Crippen molar-refractivity contribution in [2.75, 3.05) is 17.2 Å². The zero-order valence-electron chi connectivity index (χ0n) is 9.96. The number of fused-ring (bicyclic) bond motifs is 1. The molecule has 1 aliphatic rings. The van der Waals surface area contributed by atoms with E-state index < -0.39 is 0 Å². The Hall–Kier alpha value is -2.05. The van der Waals surface area contributed by atoms with Gasteiger partial charge in [-0.25, -0.2) is 0 Å². The lowest BCUT2D eigenvalue weighted by atomic mass is 10.3. The number of nitrogen functional groups attached to an aromatic ring is 1. The van der Waals surface area contributed by atoms with Crippen LogP contribution in [-0.2, 0) is 20.1 Å². The van der Waals surface area contributed by atoms with Gasteiger partial charge in [-0.3, -0.25) is 4.68 Å². The molecule has 2 N–H and O–H groups in total. The highest BCUT2D eigenvalue weighted by Gasteiger charge is 2.23. The SMILES string of the molecule is Cc1nn(C)c(N2CCn3cnnc3C2)c1N. The van der Waals surface area contributed by atoms with Gasteiger partial charge in [-0.15, -0.1) is 10.2 Å². The van der Waals surface area contributed by atoms with Gasteiger partial charge in [-0.2, -0.15) is 5.10 Å². The summed E-state index contributed by atoms with van der Waals surface area (Å²) in [5.74, 6) is 1.94. The molecule has 0 atom stereocenters. The molecule has 2 aromatic heterocycles. The van der Waals surface area contributed by atoms with Gasteiger partial charge in [-0.1, -0.05) is 0 Å². The number of rotatable bonds is 1. The minimum atomic E-state index is 0.725. The van der Waals surface area contributed by atoms with Crippen LogP contribution >= 0.6 is 0 Å². The molecule has 3 rings (SSSR count). The minimum absolute atomic E-state index is 0.725. The van der Waals surface area contributed by atoms with Crippen molar-refractivity contribution in [1.82, 2.24) is 24.5 Å². The summed E-state index contributed by atoms with van der Waals surface area (Å²) in [7, 11) is 1.91. The van der Waals surface area contributed by atoms with E-state index in [0.29, 0.717) is 0 Å². The Morgan fingerprint density at radius 2 is 2.18 bits per heavy atom. The molecule has 2 aromatic rings. The minimum Gasteiger partial charge on any atom is -0.394 e. The molecule has 0 saturated carbocycles. The molecule has 0 fully saturated rings. The summed E-state index contributed by atoms with van der Waals surface area (Å²) < 4.78 is 3.90. The Morgan fingerprint density at radius 3 is 2.88 bits per heavy atom. The molecule has 7 heteroatoms. The lowest BCUT2D eigenvalue weighted by Crippen LogP contribution is -2.35. The molecule has 90 valence electrons. The first-order valence-corrected chi connectivity index (χ1v) is 5.57. The van der Waals surface area contributed by atoms with E-state index in [2.05, 4.69) is 24.8 Å². The van der Waals surface area contributed by atoms with Gasteiger partial charge in [-0.05, 0) is 6.92 Å². The molecule has 7 nitrogen and oxygen atoms in total. The zero-order valence-corrected chi connectivity index (χ0v) is 9.96. The maximum Gasteiger partial charge on any atom is 0.152 e. The van der Waals surface area contributed by atoms with Crippen LogP contribution in [0.5, 0.6) is 0 Å². The molecule has 0 radical (unpaired) electrons. The van der Waals surface area contributed by atoms with Crippen molar-refractivity contribution in [2.45, 2.75) is 20.0 Å². The van der Waals surface area contributed by atoms with Gasteiger partial charge >= 0.3 is 0 Å². The van der Waals surface area contributed by atoms with Gasteiger partial charge in [0.2, 0.25) is 0 Å². The van der Waals surface area contributed by atoms with Gasteiger partial charge < -0.3 is 15.2 Å². The first kappa shape index (κ1) is 10.1. The summed E-state index contributed by atoms with van der Waals surface area (Å²) >= 11 is 0. The van der Waals surface area contributed by atoms with E-state index in [-0.39, 0.29) is 0 Å². The first-order valence-electron chi connectivity index (χ1n) is 5.57. The molecule has 0 bridgehead atoms. The maximum absolute atomic E-state index is 6.06. The van der Waals surface area contributed by atoms with E-state index in [9.17, 15) is 0 Å². The first-order chi connectivity index (χ1) is 8.16. The topological polar surface area (TPSA) is 77.8 Å². The van der Waals surface area contributed by atoms with Crippen LogP contribution in [0.25, 0.3) is 0 Å². The van der Waals surface area contributed by atoms with Crippen LogP contribution < -0.4 is 10.6 Å². The number of aryl methyl sites for hydroxylation is 2. The monoisotopic (exact) mass is 233 g/mol. The van der Waals surface area contributed by atoms with Crippen molar-refractivity contribution < 1.29 is 0 Å². The van der Waals surface area contributed by atoms with Crippen LogP contribution in [0.4, 0.5) is 11.5 Å². The number of nitrogens with two attached hydrogens (primary N) is 1. The largest absolute Gasteiger partial charge is 0.394 e. The van der Waals surface area contributed by atoms with Crippen molar-refractivity contribution in [3.8, 4) is 0 Å². The fraction of sp³-hybridized carbons (Fsp3) is 0.500. The van der Waals surface area contributed by atoms with E-state index in [1.165, 1.54) is 0 Å². The molecule has 0 aromatic carbocycles. The number of anilines is 2. The van der Waals surface area contributed by atoms with E-state index in [1.54, 1.807) is 6.33 Å². The third-order valence-electron chi connectivity index (χ3n) is 3.18. The predicted molar refractivity (Wildman–Crippen MR) is 63.4 cm³/mol. The lowest BCUT2D eigenvalue weighted by molar-refractivity contribution is 0.546. The summed E-state index contributed by atoms with van der Waals surface area (Å²) in [5.41, 5.74) is 7.68. The molecular weight excluding hydrogens is 218 g/mol. The maximum atomic E-state index is 6.06. The predicted octanol–water partition coefficient (Wildman–Crippen LogP) is -0.0776. The van der Waals surface area contributed by atoms with E-state index >= 15 is 0 Å². The highest BCUT2D eigenvalue weighted by Crippen LogP contribution is 2.27. The summed E-state index contributed by atoms with van der Waals surface area (Å²) in [6, 6.07) is 0. The summed E-state index contributed by atoms with van der Waals surface area (Å²) in [6.07, 6.45) is 1.77. The highest BCUT2D eigenvalue weighted by atomic mass is 15.4. The van der Waals surface area contributed by atoms with Crippen LogP contribution in [0.15, 0.2) is 6.33 Å². The quantitative estimate of drug-likeness (QED) is 0.745. The smallest absolute Gasteiger partial charge is 0.152 e. The van der Waals surface area contributed by atoms with Gasteiger partial charge in [0.15, 0.2) is 11.6 Å². The van der Waals surface area contributed by atoms with Crippen molar-refractivity contribution in [3.05, 3.63) is 17.8 Å². The van der Waals surface area contributed by atoms with Crippen LogP contribution in [-0.4, -0.2) is 31.1 Å². The number of hydrogen-bond acceptors (Lipinski definition) is 5. The number of hydrogen-bond donors (Lipinski definition) is 1. The van der Waals surface area contributed by atoms with E-state index in [1.807, 2.05) is 18.7 Å². The molecule has 0 unspecified atom stereocenters. The molecular formula is C10H15N7. The standard InChI is InChI=1S/C10H15N7/c1-7-9(11)10(15(2)14-7)16-3-4-17-6-12-13-8(17)5-16/h6H,3-5,11H2,1-2H3. The molecule has 3 heterocycles. The second kappa shape index (κ2) is 3.47. The zero-order chi connectivity index (χ0) is 12.0. The van der Waals surface area contributed by atoms with Crippen LogP contribution in [0.3, 0.4) is 0 Å². The van der Waals surface area contributed by atoms with Gasteiger partial charge in [0, 0.05) is 20.1 Å². The number of nitrogens with zero attached hydrogens (tertiary/aromatic N) is 6. The van der Waals surface area contributed by atoms with E-state index in [4.69, 9.17) is 5.73 Å². The Kier molecular flexibility index (Phi) is 2.07. The summed E-state index contributed by atoms with van der Waals surface area (Å²) in [5, 5.41) is 12.4. The van der Waals surface area contributed by atoms with Crippen molar-refractivity contribution in [1.29, 1.82) is 0 Å². The Morgan fingerprint density at radius 1 is 1.35 bits per heavy atom. The molecule has 1 aliphatic heterocycles. The molecule has 17 heavy (non-hydrogen) atoms. The fourth-order valence-corrected chi connectivity index (χ4v) is 2.28. The lowest BCUT2D eigenvalue weighted by Gasteiger charge is -2.29. The van der Waals surface area contributed by atoms with Crippen LogP contribution in [0.1, 0.15) is 11.5 Å². The normalized spacial score (nSPS) is 15.1. The Bertz CT molecular complexity index is 553. The number of aromatic nitrogens is 5. The van der Waals surface area contributed by atoms with Crippen LogP contribution in [0.2, 0.25) is 0 Å². The van der Waals surface area contributed by atoms with Crippen LogP contribution in [0, 0.1) is 6.92 Å². The molecule has 0 amide bonds. The molecule has 0 saturated heterocycles. The third-order valence-corrected chi connectivity index (χ3v) is 3.18. The van der Waals surface area contributed by atoms with Crippen molar-refractivity contribution in [2.24, 2.45) is 7.05 Å². The van der Waals surface area contributed by atoms with Gasteiger partial charge in [0.05, 0.1) is 17.9 Å². The molecule has 0 spiro atoms. The summed E-state index contributed by atoms with van der Waals surface area (Å²) in [4.78, 5) is 2.19. The average Bonchev–Trinajstić information content (AvgIpc) is 2.84. The second-order valence-electron chi connectivity index (χ2n) is 4.31. The fourth-order valence-electron chi connectivity index (χ4n) is 2.28.